The molecule has 0 radical (unpaired) electrons. The van der Waals surface area contributed by atoms with Gasteiger partial charge < -0.3 is 9.84 Å². The maximum atomic E-state index is 9.65. The molecule has 0 saturated carbocycles. The van der Waals surface area contributed by atoms with Gasteiger partial charge in [0.25, 0.3) is 0 Å². The van der Waals surface area contributed by atoms with E-state index in [-0.39, 0.29) is 5.75 Å². The zero-order valence-electron chi connectivity index (χ0n) is 13.0. The number of phenols is 1. The van der Waals surface area contributed by atoms with Gasteiger partial charge in [0.1, 0.15) is 0 Å². The molecule has 0 amide bonds. The molecule has 2 aromatic carbocycles. The fourth-order valence-corrected chi connectivity index (χ4v) is 2.61. The Morgan fingerprint density at radius 3 is 2.14 bits per heavy atom. The first-order valence-corrected chi connectivity index (χ1v) is 7.50. The Hall–Kier alpha value is -1.96. The van der Waals surface area contributed by atoms with E-state index in [1.807, 2.05) is 12.1 Å². The second-order valence-corrected chi connectivity index (χ2v) is 5.85. The summed E-state index contributed by atoms with van der Waals surface area (Å²) in [6.45, 7) is 4.59. The Morgan fingerprint density at radius 2 is 1.52 bits per heavy atom. The van der Waals surface area contributed by atoms with Gasteiger partial charge >= 0.3 is 0 Å². The van der Waals surface area contributed by atoms with Crippen LogP contribution in [0.5, 0.6) is 11.5 Å². The van der Waals surface area contributed by atoms with Crippen LogP contribution in [-0.4, -0.2) is 12.2 Å². The number of aromatic hydroxyl groups is 1. The molecule has 0 bridgehead atoms. The van der Waals surface area contributed by atoms with Gasteiger partial charge in [0.2, 0.25) is 0 Å². The molecule has 0 unspecified atom stereocenters. The van der Waals surface area contributed by atoms with E-state index in [9.17, 15) is 5.11 Å². The van der Waals surface area contributed by atoms with E-state index < -0.39 is 0 Å². The average Bonchev–Trinajstić information content (AvgIpc) is 2.50. The minimum atomic E-state index is 0.200. The molecular formula is C19H24O2. The standard InChI is InChI=1S/C19H24O2/c1-14(11-16-7-5-4-6-8-16)15(2)12-17-9-10-18(20)19(13-17)21-3/h4-10,13-15,20H,11-12H2,1-3H3/t14-,15-/m1/s1. The zero-order valence-corrected chi connectivity index (χ0v) is 13.0. The van der Waals surface area contributed by atoms with E-state index in [1.165, 1.54) is 11.1 Å². The molecule has 2 rings (SSSR count). The zero-order chi connectivity index (χ0) is 15.2. The SMILES string of the molecule is COc1cc(C[C@@H](C)[C@H](C)Cc2ccccc2)ccc1O. The highest BCUT2D eigenvalue weighted by Gasteiger charge is 2.14. The van der Waals surface area contributed by atoms with Gasteiger partial charge in [-0.15, -0.1) is 0 Å². The molecule has 0 aliphatic rings. The summed E-state index contributed by atoms with van der Waals surface area (Å²) in [5.41, 5.74) is 2.59. The highest BCUT2D eigenvalue weighted by Crippen LogP contribution is 2.29. The normalized spacial score (nSPS) is 13.7. The van der Waals surface area contributed by atoms with Gasteiger partial charge in [-0.1, -0.05) is 50.2 Å². The van der Waals surface area contributed by atoms with Crippen LogP contribution in [0.4, 0.5) is 0 Å². The molecule has 0 aliphatic carbocycles. The maximum absolute atomic E-state index is 9.65. The summed E-state index contributed by atoms with van der Waals surface area (Å²) in [6.07, 6.45) is 2.09. The predicted octanol–water partition coefficient (Wildman–Crippen LogP) is 4.46. The molecule has 112 valence electrons. The number of hydrogen-bond acceptors (Lipinski definition) is 2. The number of phenolic OH excluding ortho intramolecular Hbond substituents is 1. The highest BCUT2D eigenvalue weighted by molar-refractivity contribution is 5.41. The monoisotopic (exact) mass is 284 g/mol. The van der Waals surface area contributed by atoms with Gasteiger partial charge in [0.05, 0.1) is 7.11 Å². The smallest absolute Gasteiger partial charge is 0.160 e. The first-order valence-electron chi connectivity index (χ1n) is 7.50. The van der Waals surface area contributed by atoms with E-state index >= 15 is 0 Å². The van der Waals surface area contributed by atoms with E-state index in [2.05, 4.69) is 44.2 Å². The second-order valence-electron chi connectivity index (χ2n) is 5.85. The van der Waals surface area contributed by atoms with Crippen molar-refractivity contribution in [2.24, 2.45) is 11.8 Å². The van der Waals surface area contributed by atoms with Crippen LogP contribution >= 0.6 is 0 Å². The average molecular weight is 284 g/mol. The molecule has 2 atom stereocenters. The van der Waals surface area contributed by atoms with Crippen molar-refractivity contribution in [2.75, 3.05) is 7.11 Å². The quantitative estimate of drug-likeness (QED) is 0.848. The third-order valence-corrected chi connectivity index (χ3v) is 4.17. The van der Waals surface area contributed by atoms with Crippen molar-refractivity contribution in [3.05, 3.63) is 59.7 Å². The van der Waals surface area contributed by atoms with Crippen LogP contribution < -0.4 is 4.74 Å². The van der Waals surface area contributed by atoms with Crippen molar-refractivity contribution in [3.8, 4) is 11.5 Å². The van der Waals surface area contributed by atoms with E-state index in [1.54, 1.807) is 13.2 Å². The lowest BCUT2D eigenvalue weighted by Crippen LogP contribution is -2.13. The van der Waals surface area contributed by atoms with Crippen LogP contribution in [0.3, 0.4) is 0 Å². The van der Waals surface area contributed by atoms with E-state index in [0.717, 1.165) is 12.8 Å². The molecule has 0 spiro atoms. The van der Waals surface area contributed by atoms with Crippen LogP contribution in [0.1, 0.15) is 25.0 Å². The van der Waals surface area contributed by atoms with Crippen LogP contribution in [0.2, 0.25) is 0 Å². The molecule has 0 aliphatic heterocycles. The third kappa shape index (κ3) is 4.25. The molecule has 0 saturated heterocycles. The number of ether oxygens (including phenoxy) is 1. The van der Waals surface area contributed by atoms with E-state index in [4.69, 9.17) is 4.74 Å². The van der Waals surface area contributed by atoms with Crippen molar-refractivity contribution in [1.29, 1.82) is 0 Å². The molecule has 1 N–H and O–H groups in total. The van der Waals surface area contributed by atoms with Gasteiger partial charge in [-0.3, -0.25) is 0 Å². The first kappa shape index (κ1) is 15.4. The molecular weight excluding hydrogens is 260 g/mol. The lowest BCUT2D eigenvalue weighted by Gasteiger charge is -2.20. The highest BCUT2D eigenvalue weighted by atomic mass is 16.5. The topological polar surface area (TPSA) is 29.5 Å². The summed E-state index contributed by atoms with van der Waals surface area (Å²) < 4.78 is 5.17. The molecule has 0 fully saturated rings. The lowest BCUT2D eigenvalue weighted by atomic mass is 9.85. The maximum Gasteiger partial charge on any atom is 0.160 e. The Bertz CT molecular complexity index is 563. The fourth-order valence-electron chi connectivity index (χ4n) is 2.61. The minimum Gasteiger partial charge on any atom is -0.504 e. The van der Waals surface area contributed by atoms with Gasteiger partial charge in [-0.2, -0.15) is 0 Å². The number of methoxy groups -OCH3 is 1. The van der Waals surface area contributed by atoms with Gasteiger partial charge in [-0.25, -0.2) is 0 Å². The molecule has 0 heterocycles. The van der Waals surface area contributed by atoms with Gasteiger partial charge in [-0.05, 0) is 47.9 Å². The summed E-state index contributed by atoms with van der Waals surface area (Å²) in [6, 6.07) is 16.2. The Kier molecular flexibility index (Phi) is 5.26. The van der Waals surface area contributed by atoms with Crippen molar-refractivity contribution in [2.45, 2.75) is 26.7 Å². The van der Waals surface area contributed by atoms with Gasteiger partial charge in [0, 0.05) is 0 Å². The Labute approximate surface area is 127 Å². The largest absolute Gasteiger partial charge is 0.504 e. The third-order valence-electron chi connectivity index (χ3n) is 4.17. The van der Waals surface area contributed by atoms with Crippen molar-refractivity contribution in [3.63, 3.8) is 0 Å². The summed E-state index contributed by atoms with van der Waals surface area (Å²) >= 11 is 0. The van der Waals surface area contributed by atoms with Crippen molar-refractivity contribution < 1.29 is 9.84 Å². The molecule has 2 nitrogen and oxygen atoms in total. The molecule has 2 aromatic rings. The summed E-state index contributed by atoms with van der Waals surface area (Å²) in [5.74, 6) is 1.92. The summed E-state index contributed by atoms with van der Waals surface area (Å²) in [7, 11) is 1.58. The Morgan fingerprint density at radius 1 is 0.905 bits per heavy atom. The number of rotatable bonds is 6. The fraction of sp³-hybridized carbons (Fsp3) is 0.368. The van der Waals surface area contributed by atoms with E-state index in [0.29, 0.717) is 17.6 Å². The van der Waals surface area contributed by atoms with Crippen molar-refractivity contribution >= 4 is 0 Å². The lowest BCUT2D eigenvalue weighted by molar-refractivity contribution is 0.368. The van der Waals surface area contributed by atoms with Crippen LogP contribution in [-0.2, 0) is 12.8 Å². The first-order chi connectivity index (χ1) is 10.1. The Balaban J connectivity index is 1.98. The van der Waals surface area contributed by atoms with Crippen LogP contribution in [0, 0.1) is 11.8 Å². The van der Waals surface area contributed by atoms with Crippen molar-refractivity contribution in [1.82, 2.24) is 0 Å². The van der Waals surface area contributed by atoms with Crippen LogP contribution in [0.15, 0.2) is 48.5 Å². The van der Waals surface area contributed by atoms with Crippen LogP contribution in [0.25, 0.3) is 0 Å². The summed E-state index contributed by atoms with van der Waals surface area (Å²) in [5, 5.41) is 9.65. The summed E-state index contributed by atoms with van der Waals surface area (Å²) in [4.78, 5) is 0. The minimum absolute atomic E-state index is 0.200. The molecule has 21 heavy (non-hydrogen) atoms. The van der Waals surface area contributed by atoms with Gasteiger partial charge in [0.15, 0.2) is 11.5 Å². The number of benzene rings is 2. The molecule has 2 heteroatoms. The number of hydrogen-bond donors (Lipinski definition) is 1. The molecule has 0 aromatic heterocycles. The second kappa shape index (κ2) is 7.16. The predicted molar refractivity (Wildman–Crippen MR) is 86.8 cm³/mol.